The van der Waals surface area contributed by atoms with Gasteiger partial charge in [0.2, 0.25) is 5.91 Å². The molecule has 0 aromatic heterocycles. The molecule has 5 nitrogen and oxygen atoms in total. The third kappa shape index (κ3) is 4.33. The molecule has 114 valence electrons. The van der Waals surface area contributed by atoms with Crippen molar-refractivity contribution in [2.45, 2.75) is 18.7 Å². The van der Waals surface area contributed by atoms with Crippen molar-refractivity contribution in [2.24, 2.45) is 0 Å². The first-order valence-electron chi connectivity index (χ1n) is 6.70. The van der Waals surface area contributed by atoms with Crippen LogP contribution in [0.5, 0.6) is 0 Å². The molecular weight excluding hydrogens is 300 g/mol. The van der Waals surface area contributed by atoms with Gasteiger partial charge in [0.25, 0.3) is 5.69 Å². The van der Waals surface area contributed by atoms with Crippen molar-refractivity contribution in [1.82, 2.24) is 0 Å². The highest BCUT2D eigenvalue weighted by Crippen LogP contribution is 2.26. The first kappa shape index (κ1) is 16.0. The molecule has 0 aliphatic carbocycles. The maximum Gasteiger partial charge on any atom is 0.293 e. The molecule has 1 amide bonds. The van der Waals surface area contributed by atoms with Gasteiger partial charge in [-0.15, -0.1) is 11.8 Å². The van der Waals surface area contributed by atoms with Crippen LogP contribution in [-0.2, 0) is 4.79 Å². The van der Waals surface area contributed by atoms with Crippen LogP contribution in [-0.4, -0.2) is 16.6 Å². The van der Waals surface area contributed by atoms with E-state index in [0.29, 0.717) is 0 Å². The number of nitrogens with zero attached hydrogens (tertiary/aromatic N) is 1. The number of benzene rings is 2. The Hall–Kier alpha value is -2.34. The molecule has 22 heavy (non-hydrogen) atoms. The maximum absolute atomic E-state index is 12.0. The number of carbonyl (C=O) groups is 1. The van der Waals surface area contributed by atoms with Gasteiger partial charge in [-0.05, 0) is 37.6 Å². The molecule has 2 rings (SSSR count). The van der Waals surface area contributed by atoms with E-state index in [9.17, 15) is 14.9 Å². The van der Waals surface area contributed by atoms with Crippen molar-refractivity contribution in [3.8, 4) is 0 Å². The number of nitro benzene ring substituents is 1. The lowest BCUT2D eigenvalue weighted by Gasteiger charge is -2.07. The molecule has 6 heteroatoms. The molecule has 0 saturated carbocycles. The topological polar surface area (TPSA) is 72.2 Å². The summed E-state index contributed by atoms with van der Waals surface area (Å²) >= 11 is 1.39. The Balaban J connectivity index is 2.00. The molecule has 2 aromatic carbocycles. The highest BCUT2D eigenvalue weighted by molar-refractivity contribution is 8.00. The zero-order valence-corrected chi connectivity index (χ0v) is 13.1. The van der Waals surface area contributed by atoms with Crippen LogP contribution in [0.1, 0.15) is 11.1 Å². The Morgan fingerprint density at radius 3 is 2.41 bits per heavy atom. The number of amides is 1. The molecule has 0 unspecified atom stereocenters. The summed E-state index contributed by atoms with van der Waals surface area (Å²) in [6.07, 6.45) is 0. The van der Waals surface area contributed by atoms with Crippen molar-refractivity contribution < 1.29 is 9.72 Å². The standard InChI is InChI=1S/C16H16N2O3S/c1-11-3-6-13(7-4-11)22-10-16(19)17-14-8-5-12(2)9-15(14)18(20)21/h3-9H,10H2,1-2H3,(H,17,19). The molecule has 2 aromatic rings. The van der Waals surface area contributed by atoms with E-state index < -0.39 is 4.92 Å². The Morgan fingerprint density at radius 1 is 1.14 bits per heavy atom. The zero-order chi connectivity index (χ0) is 16.1. The second kappa shape index (κ2) is 7.09. The third-order valence-corrected chi connectivity index (χ3v) is 4.03. The van der Waals surface area contributed by atoms with Gasteiger partial charge in [0.05, 0.1) is 10.7 Å². The monoisotopic (exact) mass is 316 g/mol. The quantitative estimate of drug-likeness (QED) is 0.515. The summed E-state index contributed by atoms with van der Waals surface area (Å²) in [7, 11) is 0. The smallest absolute Gasteiger partial charge is 0.293 e. The highest BCUT2D eigenvalue weighted by atomic mass is 32.2. The van der Waals surface area contributed by atoms with Crippen molar-refractivity contribution in [3.05, 3.63) is 63.7 Å². The number of anilines is 1. The molecule has 0 fully saturated rings. The minimum atomic E-state index is -0.490. The number of hydrogen-bond acceptors (Lipinski definition) is 4. The van der Waals surface area contributed by atoms with Gasteiger partial charge in [0.1, 0.15) is 5.69 Å². The largest absolute Gasteiger partial charge is 0.320 e. The predicted octanol–water partition coefficient (Wildman–Crippen LogP) is 3.94. The van der Waals surface area contributed by atoms with Gasteiger partial charge in [-0.25, -0.2) is 0 Å². The van der Waals surface area contributed by atoms with Crippen LogP contribution in [0.3, 0.4) is 0 Å². The second-order valence-electron chi connectivity index (χ2n) is 4.93. The molecule has 1 N–H and O–H groups in total. The van der Waals surface area contributed by atoms with E-state index >= 15 is 0 Å². The fraction of sp³-hybridized carbons (Fsp3) is 0.188. The minimum absolute atomic E-state index is 0.0892. The average molecular weight is 316 g/mol. The van der Waals surface area contributed by atoms with Crippen LogP contribution in [0, 0.1) is 24.0 Å². The van der Waals surface area contributed by atoms with Crippen molar-refractivity contribution >= 4 is 29.0 Å². The number of hydrogen-bond donors (Lipinski definition) is 1. The Kier molecular flexibility index (Phi) is 5.16. The second-order valence-corrected chi connectivity index (χ2v) is 5.98. The SMILES string of the molecule is Cc1ccc(SCC(=O)Nc2ccc(C)cc2[N+](=O)[O-])cc1. The van der Waals surface area contributed by atoms with Crippen LogP contribution >= 0.6 is 11.8 Å². The first-order valence-corrected chi connectivity index (χ1v) is 7.68. The lowest BCUT2D eigenvalue weighted by Crippen LogP contribution is -2.15. The van der Waals surface area contributed by atoms with Crippen LogP contribution in [0.15, 0.2) is 47.4 Å². The van der Waals surface area contributed by atoms with Crippen LogP contribution in [0.25, 0.3) is 0 Å². The van der Waals surface area contributed by atoms with Crippen LogP contribution in [0.2, 0.25) is 0 Å². The van der Waals surface area contributed by atoms with E-state index in [4.69, 9.17) is 0 Å². The average Bonchev–Trinajstić information content (AvgIpc) is 2.48. The molecule has 0 radical (unpaired) electrons. The summed E-state index contributed by atoms with van der Waals surface area (Å²) < 4.78 is 0. The van der Waals surface area contributed by atoms with E-state index in [2.05, 4.69) is 5.32 Å². The van der Waals surface area contributed by atoms with E-state index in [1.807, 2.05) is 31.2 Å². The number of rotatable bonds is 5. The zero-order valence-electron chi connectivity index (χ0n) is 12.3. The summed E-state index contributed by atoms with van der Waals surface area (Å²) in [5.41, 5.74) is 2.07. The van der Waals surface area contributed by atoms with Gasteiger partial charge in [0.15, 0.2) is 0 Å². The Morgan fingerprint density at radius 2 is 1.77 bits per heavy atom. The molecule has 0 aliphatic heterocycles. The Labute approximate surface area is 132 Å². The van der Waals surface area contributed by atoms with Gasteiger partial charge >= 0.3 is 0 Å². The summed E-state index contributed by atoms with van der Waals surface area (Å²) in [6.45, 7) is 3.77. The van der Waals surface area contributed by atoms with E-state index in [-0.39, 0.29) is 23.0 Å². The van der Waals surface area contributed by atoms with E-state index in [0.717, 1.165) is 16.0 Å². The molecule has 0 saturated heterocycles. The van der Waals surface area contributed by atoms with Crippen LogP contribution < -0.4 is 5.32 Å². The molecular formula is C16H16N2O3S. The molecule has 0 spiro atoms. The number of thioether (sulfide) groups is 1. The number of nitrogens with one attached hydrogen (secondary N) is 1. The minimum Gasteiger partial charge on any atom is -0.320 e. The van der Waals surface area contributed by atoms with Crippen molar-refractivity contribution in [1.29, 1.82) is 0 Å². The summed E-state index contributed by atoms with van der Waals surface area (Å²) in [6, 6.07) is 12.6. The predicted molar refractivity (Wildman–Crippen MR) is 88.4 cm³/mol. The fourth-order valence-corrected chi connectivity index (χ4v) is 2.57. The first-order chi connectivity index (χ1) is 10.5. The maximum atomic E-state index is 12.0. The number of nitro groups is 1. The summed E-state index contributed by atoms with van der Waals surface area (Å²) in [5.74, 6) is -0.0637. The summed E-state index contributed by atoms with van der Waals surface area (Å²) in [4.78, 5) is 23.5. The third-order valence-electron chi connectivity index (χ3n) is 3.01. The van der Waals surface area contributed by atoms with Gasteiger partial charge in [-0.3, -0.25) is 14.9 Å². The normalized spacial score (nSPS) is 10.3. The lowest BCUT2D eigenvalue weighted by atomic mass is 10.2. The molecule has 0 heterocycles. The van der Waals surface area contributed by atoms with Gasteiger partial charge < -0.3 is 5.32 Å². The highest BCUT2D eigenvalue weighted by Gasteiger charge is 2.15. The van der Waals surface area contributed by atoms with Crippen LogP contribution in [0.4, 0.5) is 11.4 Å². The summed E-state index contributed by atoms with van der Waals surface area (Å²) in [5, 5.41) is 13.6. The number of aryl methyl sites for hydroxylation is 2. The van der Waals surface area contributed by atoms with E-state index in [1.165, 1.54) is 17.8 Å². The number of carbonyl (C=O) groups excluding carboxylic acids is 1. The van der Waals surface area contributed by atoms with Gasteiger partial charge in [0, 0.05) is 11.0 Å². The molecule has 0 bridgehead atoms. The van der Waals surface area contributed by atoms with Gasteiger partial charge in [-0.2, -0.15) is 0 Å². The fourth-order valence-electron chi connectivity index (χ4n) is 1.87. The van der Waals surface area contributed by atoms with Gasteiger partial charge in [-0.1, -0.05) is 23.8 Å². The Bertz CT molecular complexity index is 699. The van der Waals surface area contributed by atoms with Crippen molar-refractivity contribution in [2.75, 3.05) is 11.1 Å². The van der Waals surface area contributed by atoms with E-state index in [1.54, 1.807) is 19.1 Å². The molecule has 0 aliphatic rings. The van der Waals surface area contributed by atoms with Crippen molar-refractivity contribution in [3.63, 3.8) is 0 Å². The lowest BCUT2D eigenvalue weighted by molar-refractivity contribution is -0.384. The molecule has 0 atom stereocenters.